The summed E-state index contributed by atoms with van der Waals surface area (Å²) in [6.45, 7) is 27.8. The van der Waals surface area contributed by atoms with E-state index in [2.05, 4.69) is 309 Å². The summed E-state index contributed by atoms with van der Waals surface area (Å²) in [6, 6.07) is 81.5. The maximum Gasteiger partial charge on any atom is 0.0561 e. The highest BCUT2D eigenvalue weighted by Gasteiger charge is 2.26. The van der Waals surface area contributed by atoms with Crippen molar-refractivity contribution in [3.05, 3.63) is 235 Å². The van der Waals surface area contributed by atoms with Gasteiger partial charge in [-0.15, -0.1) is 0 Å². The van der Waals surface area contributed by atoms with E-state index < -0.39 is 0 Å². The van der Waals surface area contributed by atoms with Gasteiger partial charge in [-0.25, -0.2) is 0 Å². The fraction of sp³-hybridized carbons (Fsp3) is 0.205. The van der Waals surface area contributed by atoms with E-state index >= 15 is 0 Å². The topological polar surface area (TPSA) is 14.8 Å². The maximum absolute atomic E-state index is 2.58. The molecule has 3 heteroatoms. The third-order valence-electron chi connectivity index (χ3n) is 17.6. The first-order valence-electron chi connectivity index (χ1n) is 29.1. The fourth-order valence-corrected chi connectivity index (χ4v) is 13.0. The summed E-state index contributed by atoms with van der Waals surface area (Å²) >= 11 is 0. The molecule has 0 aliphatic carbocycles. The summed E-state index contributed by atoms with van der Waals surface area (Å²) in [6.07, 6.45) is 0. The second kappa shape index (κ2) is 17.9. The highest BCUT2D eigenvalue weighted by Crippen LogP contribution is 2.45. The van der Waals surface area contributed by atoms with Gasteiger partial charge in [0.15, 0.2) is 0 Å². The highest BCUT2D eigenvalue weighted by molar-refractivity contribution is 6.14. The molecule has 0 atom stereocenters. The standard InChI is InChI=1S/C78H71N3/c1-75(2,3)52-27-35-69-65(42-52)66-43-53(76(4,5)6)28-36-70(66)79(69)56-31-33-63-64-34-32-57(80-71-37-29-54(77(7,8)9)44-67(71)68-45-55(78(10,11)12)30-38-72(68)80)47-74(64)81(73(63)46-56)58-40-50(61-25-17-21-48-19-13-15-23-59(48)61)39-51(41-58)62-26-18-22-49-20-14-16-24-60(49)62/h13-47H,1-12H3. The zero-order chi connectivity index (χ0) is 56.1. The van der Waals surface area contributed by atoms with Crippen molar-refractivity contribution in [1.82, 2.24) is 13.7 Å². The fourth-order valence-electron chi connectivity index (χ4n) is 13.0. The van der Waals surface area contributed by atoms with Crippen LogP contribution in [0.25, 0.3) is 126 Å². The molecule has 0 bridgehead atoms. The number of hydrogen-bond acceptors (Lipinski definition) is 0. The van der Waals surface area contributed by atoms with Gasteiger partial charge in [0.05, 0.1) is 33.1 Å². The van der Waals surface area contributed by atoms with Crippen LogP contribution in [0.5, 0.6) is 0 Å². The van der Waals surface area contributed by atoms with E-state index in [9.17, 15) is 0 Å². The van der Waals surface area contributed by atoms with Crippen LogP contribution >= 0.6 is 0 Å². The van der Waals surface area contributed by atoms with Crippen LogP contribution in [0.2, 0.25) is 0 Å². The minimum atomic E-state index is -0.00161. The molecule has 3 aromatic heterocycles. The van der Waals surface area contributed by atoms with Crippen LogP contribution in [0.4, 0.5) is 0 Å². The van der Waals surface area contributed by atoms with Gasteiger partial charge in [0.1, 0.15) is 0 Å². The lowest BCUT2D eigenvalue weighted by Gasteiger charge is -2.19. The summed E-state index contributed by atoms with van der Waals surface area (Å²) in [4.78, 5) is 0. The molecule has 14 rings (SSSR count). The molecule has 81 heavy (non-hydrogen) atoms. The van der Waals surface area contributed by atoms with E-state index in [1.165, 1.54) is 120 Å². The first kappa shape index (κ1) is 50.6. The van der Waals surface area contributed by atoms with Crippen LogP contribution < -0.4 is 0 Å². The van der Waals surface area contributed by atoms with E-state index in [4.69, 9.17) is 0 Å². The minimum Gasteiger partial charge on any atom is -0.309 e. The third kappa shape index (κ3) is 8.30. The van der Waals surface area contributed by atoms with Crippen molar-refractivity contribution in [2.75, 3.05) is 0 Å². The van der Waals surface area contributed by atoms with Crippen LogP contribution in [0, 0.1) is 0 Å². The molecule has 0 N–H and O–H groups in total. The molecular formula is C78H71N3. The lowest BCUT2D eigenvalue weighted by Crippen LogP contribution is -2.10. The van der Waals surface area contributed by atoms with Gasteiger partial charge in [-0.1, -0.05) is 204 Å². The number of nitrogens with zero attached hydrogens (tertiary/aromatic N) is 3. The SMILES string of the molecule is CC(C)(C)c1ccc2c(c1)c1cc(C(C)(C)C)ccc1n2-c1ccc2c3ccc(-n4c5ccc(C(C)(C)C)cc5c5cc(C(C)(C)C)ccc54)cc3n(-c3cc(-c4cccc5ccccc45)cc(-c4cccc5ccccc45)c3)c2c1. The Balaban J connectivity index is 1.10. The van der Waals surface area contributed by atoms with Crippen molar-refractivity contribution in [1.29, 1.82) is 0 Å². The Morgan fingerprint density at radius 3 is 0.889 bits per heavy atom. The summed E-state index contributed by atoms with van der Waals surface area (Å²) in [5.41, 5.74) is 20.6. The molecule has 0 aliphatic rings. The van der Waals surface area contributed by atoms with Crippen molar-refractivity contribution in [2.24, 2.45) is 0 Å². The lowest BCUT2D eigenvalue weighted by molar-refractivity contribution is 0.590. The minimum absolute atomic E-state index is 0.00161. The smallest absolute Gasteiger partial charge is 0.0561 e. The molecule has 3 heterocycles. The Morgan fingerprint density at radius 2 is 0.543 bits per heavy atom. The molecule has 0 aliphatic heterocycles. The van der Waals surface area contributed by atoms with Gasteiger partial charge in [0.25, 0.3) is 0 Å². The number of rotatable bonds is 5. The highest BCUT2D eigenvalue weighted by atomic mass is 15.0. The van der Waals surface area contributed by atoms with Crippen LogP contribution in [0.3, 0.4) is 0 Å². The van der Waals surface area contributed by atoms with Gasteiger partial charge < -0.3 is 13.7 Å². The predicted molar refractivity (Wildman–Crippen MR) is 350 cm³/mol. The van der Waals surface area contributed by atoms with Gasteiger partial charge in [0, 0.05) is 49.4 Å². The Morgan fingerprint density at radius 1 is 0.222 bits per heavy atom. The second-order valence-corrected chi connectivity index (χ2v) is 27.2. The van der Waals surface area contributed by atoms with Crippen LogP contribution in [-0.2, 0) is 21.7 Å². The molecule has 0 spiro atoms. The zero-order valence-electron chi connectivity index (χ0n) is 49.0. The molecular weight excluding hydrogens is 979 g/mol. The number of aromatic nitrogens is 3. The van der Waals surface area contributed by atoms with Crippen molar-refractivity contribution in [3.63, 3.8) is 0 Å². The summed E-state index contributed by atoms with van der Waals surface area (Å²) < 4.78 is 7.61. The lowest BCUT2D eigenvalue weighted by atomic mass is 9.85. The normalized spacial score (nSPS) is 12.9. The van der Waals surface area contributed by atoms with Gasteiger partial charge >= 0.3 is 0 Å². The number of benzene rings is 11. The van der Waals surface area contributed by atoms with Gasteiger partial charge in [-0.3, -0.25) is 0 Å². The molecule has 11 aromatic carbocycles. The molecule has 0 amide bonds. The van der Waals surface area contributed by atoms with Crippen LogP contribution in [0.1, 0.15) is 105 Å². The van der Waals surface area contributed by atoms with Gasteiger partial charge in [-0.2, -0.15) is 0 Å². The molecule has 0 radical (unpaired) electrons. The quantitative estimate of drug-likeness (QED) is 0.163. The largest absolute Gasteiger partial charge is 0.309 e. The summed E-state index contributed by atoms with van der Waals surface area (Å²) in [5.74, 6) is 0. The average molecular weight is 1050 g/mol. The first-order chi connectivity index (χ1) is 38.7. The molecule has 14 aromatic rings. The molecule has 3 nitrogen and oxygen atoms in total. The van der Waals surface area contributed by atoms with E-state index in [0.29, 0.717) is 0 Å². The van der Waals surface area contributed by atoms with E-state index in [-0.39, 0.29) is 21.7 Å². The monoisotopic (exact) mass is 1050 g/mol. The summed E-state index contributed by atoms with van der Waals surface area (Å²) in [7, 11) is 0. The van der Waals surface area contributed by atoms with Crippen LogP contribution in [0.15, 0.2) is 212 Å². The Labute approximate surface area is 476 Å². The number of hydrogen-bond donors (Lipinski definition) is 0. The Bertz CT molecular complexity index is 4440. The summed E-state index contributed by atoms with van der Waals surface area (Å²) in [5, 5.41) is 12.5. The number of fused-ring (bicyclic) bond motifs is 11. The van der Waals surface area contributed by atoms with Gasteiger partial charge in [0.2, 0.25) is 0 Å². The molecule has 0 saturated carbocycles. The first-order valence-corrected chi connectivity index (χ1v) is 29.1. The van der Waals surface area contributed by atoms with Crippen molar-refractivity contribution >= 4 is 87.0 Å². The van der Waals surface area contributed by atoms with Crippen molar-refractivity contribution < 1.29 is 0 Å². The Hall–Kier alpha value is -8.66. The zero-order valence-corrected chi connectivity index (χ0v) is 49.0. The molecule has 0 saturated heterocycles. The second-order valence-electron chi connectivity index (χ2n) is 27.2. The molecule has 398 valence electrons. The van der Waals surface area contributed by atoms with E-state index in [1.54, 1.807) is 0 Å². The Kier molecular flexibility index (Phi) is 11.2. The van der Waals surface area contributed by atoms with Crippen molar-refractivity contribution in [2.45, 2.75) is 105 Å². The molecule has 0 fully saturated rings. The maximum atomic E-state index is 2.58. The average Bonchev–Trinajstić information content (AvgIpc) is 3.85. The third-order valence-corrected chi connectivity index (χ3v) is 17.6. The molecule has 0 unspecified atom stereocenters. The van der Waals surface area contributed by atoms with E-state index in [1.807, 2.05) is 0 Å². The van der Waals surface area contributed by atoms with Crippen molar-refractivity contribution in [3.8, 4) is 39.3 Å². The van der Waals surface area contributed by atoms with E-state index in [0.717, 1.165) is 28.1 Å². The van der Waals surface area contributed by atoms with Gasteiger partial charge in [-0.05, 0) is 179 Å². The predicted octanol–water partition coefficient (Wildman–Crippen LogP) is 21.8. The van der Waals surface area contributed by atoms with Crippen LogP contribution in [-0.4, -0.2) is 13.7 Å².